The van der Waals surface area contributed by atoms with E-state index < -0.39 is 0 Å². The second-order valence-corrected chi connectivity index (χ2v) is 5.37. The zero-order valence-electron chi connectivity index (χ0n) is 12.1. The standard InChI is InChI=1S/C17H19N3O/c1-14-13-19(16-7-3-2-4-8-16)10-11-20(14)17(21)15-6-5-9-18-12-15/h2-9,12,14H,10-11,13H2,1H3. The molecule has 0 saturated carbocycles. The summed E-state index contributed by atoms with van der Waals surface area (Å²) >= 11 is 0. The third-order valence-electron chi connectivity index (χ3n) is 3.92. The van der Waals surface area contributed by atoms with Crippen molar-refractivity contribution >= 4 is 11.6 Å². The summed E-state index contributed by atoms with van der Waals surface area (Å²) in [5.41, 5.74) is 1.88. The molecule has 4 heteroatoms. The maximum Gasteiger partial charge on any atom is 0.255 e. The van der Waals surface area contributed by atoms with Crippen LogP contribution in [0.25, 0.3) is 0 Å². The summed E-state index contributed by atoms with van der Waals surface area (Å²) in [5, 5.41) is 0. The number of rotatable bonds is 2. The van der Waals surface area contributed by atoms with Crippen LogP contribution in [-0.4, -0.2) is 41.5 Å². The van der Waals surface area contributed by atoms with E-state index in [9.17, 15) is 4.79 Å². The van der Waals surface area contributed by atoms with E-state index in [0.29, 0.717) is 5.56 Å². The number of benzene rings is 1. The number of aromatic nitrogens is 1. The molecule has 0 aliphatic carbocycles. The molecule has 1 aromatic heterocycles. The average molecular weight is 281 g/mol. The maximum absolute atomic E-state index is 12.5. The maximum atomic E-state index is 12.5. The van der Waals surface area contributed by atoms with Gasteiger partial charge >= 0.3 is 0 Å². The van der Waals surface area contributed by atoms with Gasteiger partial charge in [-0.05, 0) is 31.2 Å². The molecule has 0 radical (unpaired) electrons. The molecule has 108 valence electrons. The largest absolute Gasteiger partial charge is 0.368 e. The van der Waals surface area contributed by atoms with Gasteiger partial charge in [-0.2, -0.15) is 0 Å². The van der Waals surface area contributed by atoms with Crippen molar-refractivity contribution in [2.24, 2.45) is 0 Å². The third kappa shape index (κ3) is 2.89. The molecule has 1 aliphatic rings. The number of hydrogen-bond donors (Lipinski definition) is 0. The molecule has 2 aromatic rings. The molecule has 1 atom stereocenters. The number of amides is 1. The van der Waals surface area contributed by atoms with Crippen molar-refractivity contribution in [3.05, 3.63) is 60.4 Å². The fraction of sp³-hybridized carbons (Fsp3) is 0.294. The lowest BCUT2D eigenvalue weighted by atomic mass is 10.1. The van der Waals surface area contributed by atoms with Gasteiger partial charge < -0.3 is 9.80 Å². The van der Waals surface area contributed by atoms with E-state index in [-0.39, 0.29) is 11.9 Å². The number of carbonyl (C=O) groups excluding carboxylic acids is 1. The molecule has 1 fully saturated rings. The van der Waals surface area contributed by atoms with Crippen LogP contribution in [0.5, 0.6) is 0 Å². The summed E-state index contributed by atoms with van der Waals surface area (Å²) in [7, 11) is 0. The number of carbonyl (C=O) groups is 1. The number of nitrogens with zero attached hydrogens (tertiary/aromatic N) is 3. The summed E-state index contributed by atoms with van der Waals surface area (Å²) in [5.74, 6) is 0.0725. The first-order chi connectivity index (χ1) is 10.3. The summed E-state index contributed by atoms with van der Waals surface area (Å²) < 4.78 is 0. The highest BCUT2D eigenvalue weighted by Gasteiger charge is 2.28. The van der Waals surface area contributed by atoms with Gasteiger partial charge in [-0.25, -0.2) is 0 Å². The van der Waals surface area contributed by atoms with E-state index >= 15 is 0 Å². The van der Waals surface area contributed by atoms with Crippen LogP contribution in [0.4, 0.5) is 5.69 Å². The molecule has 21 heavy (non-hydrogen) atoms. The van der Waals surface area contributed by atoms with Crippen LogP contribution < -0.4 is 4.90 Å². The molecule has 1 saturated heterocycles. The minimum Gasteiger partial charge on any atom is -0.368 e. The average Bonchev–Trinajstić information content (AvgIpc) is 2.56. The van der Waals surface area contributed by atoms with E-state index in [1.807, 2.05) is 29.2 Å². The summed E-state index contributed by atoms with van der Waals surface area (Å²) in [4.78, 5) is 20.8. The summed E-state index contributed by atoms with van der Waals surface area (Å²) in [6.07, 6.45) is 3.33. The monoisotopic (exact) mass is 281 g/mol. The van der Waals surface area contributed by atoms with Gasteiger partial charge in [-0.1, -0.05) is 18.2 Å². The fourth-order valence-electron chi connectivity index (χ4n) is 2.79. The van der Waals surface area contributed by atoms with Crippen molar-refractivity contribution in [1.82, 2.24) is 9.88 Å². The van der Waals surface area contributed by atoms with E-state index in [1.54, 1.807) is 18.5 Å². The van der Waals surface area contributed by atoms with Crippen molar-refractivity contribution in [3.63, 3.8) is 0 Å². The van der Waals surface area contributed by atoms with Crippen molar-refractivity contribution < 1.29 is 4.79 Å². The Kier molecular flexibility index (Phi) is 3.86. The van der Waals surface area contributed by atoms with Crippen LogP contribution in [-0.2, 0) is 0 Å². The predicted octanol–water partition coefficient (Wildman–Crippen LogP) is 2.43. The molecule has 1 amide bonds. The summed E-state index contributed by atoms with van der Waals surface area (Å²) in [6, 6.07) is 14.2. The van der Waals surface area contributed by atoms with Gasteiger partial charge in [-0.15, -0.1) is 0 Å². The molecule has 4 nitrogen and oxygen atoms in total. The quantitative estimate of drug-likeness (QED) is 0.848. The molecule has 2 heterocycles. The minimum atomic E-state index is 0.0725. The minimum absolute atomic E-state index is 0.0725. The lowest BCUT2D eigenvalue weighted by Crippen LogP contribution is -2.54. The second-order valence-electron chi connectivity index (χ2n) is 5.37. The zero-order chi connectivity index (χ0) is 14.7. The molecule has 1 aliphatic heterocycles. The third-order valence-corrected chi connectivity index (χ3v) is 3.92. The summed E-state index contributed by atoms with van der Waals surface area (Å²) in [6.45, 7) is 4.56. The van der Waals surface area contributed by atoms with Gasteiger partial charge in [0.05, 0.1) is 5.56 Å². The Balaban J connectivity index is 1.70. The second kappa shape index (κ2) is 5.95. The predicted molar refractivity (Wildman–Crippen MR) is 83.4 cm³/mol. The van der Waals surface area contributed by atoms with E-state index in [1.165, 1.54) is 5.69 Å². The first-order valence-electron chi connectivity index (χ1n) is 7.26. The molecule has 0 bridgehead atoms. The topological polar surface area (TPSA) is 36.4 Å². The van der Waals surface area contributed by atoms with Crippen molar-refractivity contribution in [3.8, 4) is 0 Å². The van der Waals surface area contributed by atoms with Gasteiger partial charge in [0.2, 0.25) is 0 Å². The van der Waals surface area contributed by atoms with E-state index in [4.69, 9.17) is 0 Å². The molecular formula is C17H19N3O. The van der Waals surface area contributed by atoms with Gasteiger partial charge in [0, 0.05) is 43.8 Å². The molecule has 0 N–H and O–H groups in total. The molecule has 0 spiro atoms. The van der Waals surface area contributed by atoms with Crippen LogP contribution in [0.3, 0.4) is 0 Å². The Morgan fingerprint density at radius 2 is 1.95 bits per heavy atom. The zero-order valence-corrected chi connectivity index (χ0v) is 12.1. The molecular weight excluding hydrogens is 262 g/mol. The van der Waals surface area contributed by atoms with Crippen molar-refractivity contribution in [2.75, 3.05) is 24.5 Å². The van der Waals surface area contributed by atoms with Crippen LogP contribution in [0.1, 0.15) is 17.3 Å². The van der Waals surface area contributed by atoms with E-state index in [0.717, 1.165) is 19.6 Å². The lowest BCUT2D eigenvalue weighted by molar-refractivity contribution is 0.0673. The molecule has 1 aromatic carbocycles. The highest BCUT2D eigenvalue weighted by Crippen LogP contribution is 2.20. The SMILES string of the molecule is CC1CN(c2ccccc2)CCN1C(=O)c1cccnc1. The van der Waals surface area contributed by atoms with Crippen molar-refractivity contribution in [2.45, 2.75) is 13.0 Å². The van der Waals surface area contributed by atoms with Gasteiger partial charge in [0.25, 0.3) is 5.91 Å². The number of para-hydroxylation sites is 1. The molecule has 1 unspecified atom stereocenters. The number of piperazine rings is 1. The number of pyridine rings is 1. The first-order valence-corrected chi connectivity index (χ1v) is 7.26. The Morgan fingerprint density at radius 1 is 1.14 bits per heavy atom. The van der Waals surface area contributed by atoms with Gasteiger partial charge in [-0.3, -0.25) is 9.78 Å². The Bertz CT molecular complexity index is 600. The van der Waals surface area contributed by atoms with Crippen LogP contribution in [0.2, 0.25) is 0 Å². The Labute approximate surface area is 125 Å². The Morgan fingerprint density at radius 3 is 2.62 bits per heavy atom. The normalized spacial score (nSPS) is 18.6. The van der Waals surface area contributed by atoms with Crippen LogP contribution in [0, 0.1) is 0 Å². The first kappa shape index (κ1) is 13.6. The highest BCUT2D eigenvalue weighted by molar-refractivity contribution is 5.94. The number of hydrogen-bond acceptors (Lipinski definition) is 3. The van der Waals surface area contributed by atoms with Crippen molar-refractivity contribution in [1.29, 1.82) is 0 Å². The number of anilines is 1. The van der Waals surface area contributed by atoms with Gasteiger partial charge in [0.1, 0.15) is 0 Å². The Hall–Kier alpha value is -2.36. The van der Waals surface area contributed by atoms with Crippen LogP contribution >= 0.6 is 0 Å². The fourth-order valence-corrected chi connectivity index (χ4v) is 2.79. The molecule has 3 rings (SSSR count). The lowest BCUT2D eigenvalue weighted by Gasteiger charge is -2.41. The van der Waals surface area contributed by atoms with Gasteiger partial charge in [0.15, 0.2) is 0 Å². The smallest absolute Gasteiger partial charge is 0.255 e. The van der Waals surface area contributed by atoms with E-state index in [2.05, 4.69) is 28.9 Å². The van der Waals surface area contributed by atoms with Crippen LogP contribution in [0.15, 0.2) is 54.9 Å². The highest BCUT2D eigenvalue weighted by atomic mass is 16.2.